The van der Waals surface area contributed by atoms with Crippen LogP contribution in [0.4, 0.5) is 0 Å². The van der Waals surface area contributed by atoms with Crippen LogP contribution >= 0.6 is 0 Å². The number of hydrogen-bond donors (Lipinski definition) is 2. The third-order valence-corrected chi connectivity index (χ3v) is 3.62. The zero-order valence-corrected chi connectivity index (χ0v) is 14.1. The summed E-state index contributed by atoms with van der Waals surface area (Å²) in [6.45, 7) is 1.04. The Kier molecular flexibility index (Phi) is 6.61. The van der Waals surface area contributed by atoms with Gasteiger partial charge >= 0.3 is 0 Å². The molecule has 5 heteroatoms. The van der Waals surface area contributed by atoms with Gasteiger partial charge in [-0.3, -0.25) is 4.79 Å². The number of nitriles is 1. The summed E-state index contributed by atoms with van der Waals surface area (Å²) in [6, 6.07) is 18.6. The lowest BCUT2D eigenvalue weighted by molar-refractivity contribution is -0.117. The Labute approximate surface area is 147 Å². The van der Waals surface area contributed by atoms with E-state index in [0.29, 0.717) is 19.5 Å². The van der Waals surface area contributed by atoms with E-state index in [1.165, 1.54) is 0 Å². The quantitative estimate of drug-likeness (QED) is 0.602. The number of hydrogen-bond acceptors (Lipinski definition) is 4. The first-order valence-corrected chi connectivity index (χ1v) is 8.00. The fraction of sp³-hybridized carbons (Fsp3) is 0.200. The van der Waals surface area contributed by atoms with Gasteiger partial charge in [0, 0.05) is 26.3 Å². The van der Waals surface area contributed by atoms with Gasteiger partial charge in [-0.05, 0) is 29.7 Å². The summed E-state index contributed by atoms with van der Waals surface area (Å²) in [5, 5.41) is 21.2. The molecule has 0 saturated carbocycles. The number of amides is 1. The Hall–Kier alpha value is -3.26. The number of nitrogens with one attached hydrogen (secondary N) is 1. The molecule has 25 heavy (non-hydrogen) atoms. The number of phenols is 1. The maximum atomic E-state index is 12.1. The van der Waals surface area contributed by atoms with Crippen molar-refractivity contribution >= 4 is 5.91 Å². The van der Waals surface area contributed by atoms with Crippen LogP contribution in [0, 0.1) is 11.3 Å². The van der Waals surface area contributed by atoms with Gasteiger partial charge in [-0.2, -0.15) is 5.26 Å². The molecule has 2 rings (SSSR count). The Morgan fingerprint density at radius 3 is 2.48 bits per heavy atom. The molecule has 0 spiro atoms. The first-order valence-electron chi connectivity index (χ1n) is 8.00. The van der Waals surface area contributed by atoms with Crippen LogP contribution in [-0.2, 0) is 17.8 Å². The molecule has 5 nitrogen and oxygen atoms in total. The number of aromatic hydroxyl groups is 1. The van der Waals surface area contributed by atoms with Gasteiger partial charge in [0.1, 0.15) is 17.4 Å². The van der Waals surface area contributed by atoms with Gasteiger partial charge in [0.15, 0.2) is 0 Å². The molecular weight excluding hydrogens is 314 g/mol. The second kappa shape index (κ2) is 9.14. The van der Waals surface area contributed by atoms with E-state index in [1.54, 1.807) is 30.5 Å². The van der Waals surface area contributed by atoms with E-state index in [9.17, 15) is 15.2 Å². The number of carbonyl (C=O) groups is 1. The van der Waals surface area contributed by atoms with Crippen molar-refractivity contribution in [2.45, 2.75) is 13.0 Å². The fourth-order valence-corrected chi connectivity index (χ4v) is 2.35. The average molecular weight is 335 g/mol. The van der Waals surface area contributed by atoms with Crippen molar-refractivity contribution in [3.05, 3.63) is 77.5 Å². The highest BCUT2D eigenvalue weighted by Crippen LogP contribution is 2.10. The lowest BCUT2D eigenvalue weighted by Crippen LogP contribution is -2.28. The van der Waals surface area contributed by atoms with E-state index in [4.69, 9.17) is 0 Å². The van der Waals surface area contributed by atoms with E-state index in [1.807, 2.05) is 48.3 Å². The van der Waals surface area contributed by atoms with E-state index >= 15 is 0 Å². The molecule has 2 N–H and O–H groups in total. The summed E-state index contributed by atoms with van der Waals surface area (Å²) in [7, 11) is 1.83. The second-order valence-corrected chi connectivity index (χ2v) is 5.73. The number of carbonyl (C=O) groups excluding carboxylic acids is 1. The predicted octanol–water partition coefficient (Wildman–Crippen LogP) is 2.59. The molecule has 0 fully saturated rings. The summed E-state index contributed by atoms with van der Waals surface area (Å²) in [6.07, 6.45) is 2.19. The SMILES string of the molecule is CN(/C=C(/C#N)C(=O)NCCc1ccc(O)cc1)Cc1ccccc1. The maximum absolute atomic E-state index is 12.1. The zero-order chi connectivity index (χ0) is 18.1. The van der Waals surface area contributed by atoms with E-state index < -0.39 is 0 Å². The van der Waals surface area contributed by atoms with Gasteiger partial charge in [-0.15, -0.1) is 0 Å². The number of rotatable bonds is 7. The predicted molar refractivity (Wildman–Crippen MR) is 96.4 cm³/mol. The lowest BCUT2D eigenvalue weighted by atomic mass is 10.1. The molecule has 2 aromatic rings. The van der Waals surface area contributed by atoms with Crippen LogP contribution in [0.5, 0.6) is 5.75 Å². The highest BCUT2D eigenvalue weighted by molar-refractivity contribution is 5.97. The summed E-state index contributed by atoms with van der Waals surface area (Å²) < 4.78 is 0. The number of nitrogens with zero attached hydrogens (tertiary/aromatic N) is 2. The number of benzene rings is 2. The van der Waals surface area contributed by atoms with Crippen molar-refractivity contribution in [3.8, 4) is 11.8 Å². The van der Waals surface area contributed by atoms with Crippen molar-refractivity contribution in [3.63, 3.8) is 0 Å². The Bertz CT molecular complexity index is 762. The monoisotopic (exact) mass is 335 g/mol. The van der Waals surface area contributed by atoms with Gasteiger partial charge in [0.2, 0.25) is 0 Å². The fourth-order valence-electron chi connectivity index (χ4n) is 2.35. The summed E-state index contributed by atoms with van der Waals surface area (Å²) in [4.78, 5) is 14.0. The molecule has 2 aromatic carbocycles. The van der Waals surface area contributed by atoms with E-state index in [2.05, 4.69) is 5.32 Å². The zero-order valence-electron chi connectivity index (χ0n) is 14.1. The van der Waals surface area contributed by atoms with Crippen LogP contribution < -0.4 is 5.32 Å². The molecule has 0 radical (unpaired) electrons. The topological polar surface area (TPSA) is 76.4 Å². The highest BCUT2D eigenvalue weighted by Gasteiger charge is 2.09. The molecular formula is C20H21N3O2. The van der Waals surface area contributed by atoms with Crippen LogP contribution in [0.1, 0.15) is 11.1 Å². The lowest BCUT2D eigenvalue weighted by Gasteiger charge is -2.15. The third kappa shape index (κ3) is 6.04. The van der Waals surface area contributed by atoms with Crippen LogP contribution in [-0.4, -0.2) is 29.5 Å². The largest absolute Gasteiger partial charge is 0.508 e. The molecule has 0 aliphatic heterocycles. The molecule has 0 heterocycles. The highest BCUT2D eigenvalue weighted by atomic mass is 16.3. The van der Waals surface area contributed by atoms with Crippen LogP contribution in [0.25, 0.3) is 0 Å². The summed E-state index contributed by atoms with van der Waals surface area (Å²) >= 11 is 0. The molecule has 1 amide bonds. The summed E-state index contributed by atoms with van der Waals surface area (Å²) in [5.74, 6) is -0.176. The number of phenolic OH excluding ortho intramolecular Hbond substituents is 1. The third-order valence-electron chi connectivity index (χ3n) is 3.62. The van der Waals surface area contributed by atoms with Gasteiger partial charge in [0.25, 0.3) is 5.91 Å². The first-order chi connectivity index (χ1) is 12.1. The molecule has 0 aromatic heterocycles. The van der Waals surface area contributed by atoms with Gasteiger partial charge in [-0.1, -0.05) is 42.5 Å². The minimum atomic E-state index is -0.388. The van der Waals surface area contributed by atoms with Crippen LogP contribution in [0.3, 0.4) is 0 Å². The van der Waals surface area contributed by atoms with Crippen molar-refractivity contribution < 1.29 is 9.90 Å². The Morgan fingerprint density at radius 2 is 1.84 bits per heavy atom. The Balaban J connectivity index is 1.87. The molecule has 0 aliphatic rings. The average Bonchev–Trinajstić information content (AvgIpc) is 2.62. The van der Waals surface area contributed by atoms with Crippen LogP contribution in [0.2, 0.25) is 0 Å². The molecule has 0 saturated heterocycles. The van der Waals surface area contributed by atoms with Gasteiger partial charge < -0.3 is 15.3 Å². The van der Waals surface area contributed by atoms with E-state index in [-0.39, 0.29) is 17.2 Å². The van der Waals surface area contributed by atoms with Crippen molar-refractivity contribution in [1.82, 2.24) is 10.2 Å². The minimum Gasteiger partial charge on any atom is -0.508 e. The first kappa shape index (κ1) is 18.1. The van der Waals surface area contributed by atoms with Gasteiger partial charge in [0.05, 0.1) is 0 Å². The normalized spacial score (nSPS) is 10.8. The molecule has 0 bridgehead atoms. The smallest absolute Gasteiger partial charge is 0.263 e. The molecule has 0 unspecified atom stereocenters. The van der Waals surface area contributed by atoms with Crippen molar-refractivity contribution in [2.75, 3.05) is 13.6 Å². The second-order valence-electron chi connectivity index (χ2n) is 5.73. The molecule has 0 aliphatic carbocycles. The minimum absolute atomic E-state index is 0.0733. The summed E-state index contributed by atoms with van der Waals surface area (Å²) in [5.41, 5.74) is 2.18. The standard InChI is InChI=1S/C20H21N3O2/c1-23(14-17-5-3-2-4-6-17)15-18(13-21)20(25)22-12-11-16-7-9-19(24)10-8-16/h2-10,15,24H,11-12,14H2,1H3,(H,22,25)/b18-15-. The van der Waals surface area contributed by atoms with Crippen molar-refractivity contribution in [1.29, 1.82) is 5.26 Å². The molecule has 0 atom stereocenters. The van der Waals surface area contributed by atoms with Crippen LogP contribution in [0.15, 0.2) is 66.4 Å². The van der Waals surface area contributed by atoms with Gasteiger partial charge in [-0.25, -0.2) is 0 Å². The van der Waals surface area contributed by atoms with Crippen molar-refractivity contribution in [2.24, 2.45) is 0 Å². The van der Waals surface area contributed by atoms with E-state index in [0.717, 1.165) is 11.1 Å². The maximum Gasteiger partial charge on any atom is 0.263 e. The molecule has 128 valence electrons. The Morgan fingerprint density at radius 1 is 1.16 bits per heavy atom.